The Morgan fingerprint density at radius 1 is 1.22 bits per heavy atom. The van der Waals surface area contributed by atoms with Gasteiger partial charge in [0, 0.05) is 23.7 Å². The number of aromatic nitrogens is 2. The molecule has 23 heavy (non-hydrogen) atoms. The van der Waals surface area contributed by atoms with Crippen molar-refractivity contribution in [2.75, 3.05) is 0 Å². The third kappa shape index (κ3) is 2.75. The number of carbonyl (C=O) groups is 1. The fourth-order valence-corrected chi connectivity index (χ4v) is 3.97. The standard InChI is InChI=1S/C19H27N3O/c1-12(2)21-15(5)20-17-11-16(9-10-18(17)21)19(23)22-13(3)7-6-8-14(22)4/h9-14H,6-8H2,1-5H3. The number of benzene rings is 1. The predicted molar refractivity (Wildman–Crippen MR) is 93.8 cm³/mol. The van der Waals surface area contributed by atoms with Gasteiger partial charge in [0.25, 0.3) is 5.91 Å². The van der Waals surface area contributed by atoms with E-state index in [0.717, 1.165) is 35.3 Å². The lowest BCUT2D eigenvalue weighted by Gasteiger charge is -2.39. The monoisotopic (exact) mass is 313 g/mol. The topological polar surface area (TPSA) is 38.1 Å². The summed E-state index contributed by atoms with van der Waals surface area (Å²) in [5, 5.41) is 0. The Kier molecular flexibility index (Phi) is 4.17. The molecule has 1 saturated heterocycles. The first-order valence-electron chi connectivity index (χ1n) is 8.71. The molecule has 2 aromatic rings. The average molecular weight is 313 g/mol. The fraction of sp³-hybridized carbons (Fsp3) is 0.579. The Balaban J connectivity index is 1.99. The van der Waals surface area contributed by atoms with Crippen molar-refractivity contribution in [1.82, 2.24) is 14.5 Å². The molecule has 0 saturated carbocycles. The average Bonchev–Trinajstić information content (AvgIpc) is 2.81. The SMILES string of the molecule is Cc1nc2cc(C(=O)N3C(C)CCCC3C)ccc2n1C(C)C. The largest absolute Gasteiger partial charge is 0.333 e. The highest BCUT2D eigenvalue weighted by Gasteiger charge is 2.29. The third-order valence-corrected chi connectivity index (χ3v) is 5.06. The summed E-state index contributed by atoms with van der Waals surface area (Å²) in [6.45, 7) is 10.7. The first kappa shape index (κ1) is 16.0. The van der Waals surface area contributed by atoms with E-state index >= 15 is 0 Å². The van der Waals surface area contributed by atoms with Crippen molar-refractivity contribution < 1.29 is 4.79 Å². The van der Waals surface area contributed by atoms with Crippen LogP contribution in [0.2, 0.25) is 0 Å². The Morgan fingerprint density at radius 3 is 2.48 bits per heavy atom. The minimum Gasteiger partial charge on any atom is -0.333 e. The van der Waals surface area contributed by atoms with Gasteiger partial charge in [-0.3, -0.25) is 4.79 Å². The van der Waals surface area contributed by atoms with Crippen LogP contribution in [-0.4, -0.2) is 32.4 Å². The minimum absolute atomic E-state index is 0.142. The molecule has 1 aromatic heterocycles. The molecular weight excluding hydrogens is 286 g/mol. The highest BCUT2D eigenvalue weighted by Crippen LogP contribution is 2.27. The van der Waals surface area contributed by atoms with Crippen LogP contribution in [0.4, 0.5) is 0 Å². The van der Waals surface area contributed by atoms with E-state index < -0.39 is 0 Å². The van der Waals surface area contributed by atoms with Gasteiger partial charge in [0.1, 0.15) is 5.82 Å². The molecule has 0 spiro atoms. The second kappa shape index (κ2) is 5.99. The van der Waals surface area contributed by atoms with Crippen LogP contribution < -0.4 is 0 Å². The quantitative estimate of drug-likeness (QED) is 0.827. The molecule has 1 amide bonds. The summed E-state index contributed by atoms with van der Waals surface area (Å²) < 4.78 is 2.22. The predicted octanol–water partition coefficient (Wildman–Crippen LogP) is 4.33. The zero-order valence-corrected chi connectivity index (χ0v) is 14.8. The van der Waals surface area contributed by atoms with Crippen LogP contribution in [0.25, 0.3) is 11.0 Å². The van der Waals surface area contributed by atoms with Gasteiger partial charge in [-0.2, -0.15) is 0 Å². The van der Waals surface area contributed by atoms with Crippen LogP contribution in [0.5, 0.6) is 0 Å². The molecule has 2 heterocycles. The third-order valence-electron chi connectivity index (χ3n) is 5.06. The van der Waals surface area contributed by atoms with E-state index in [4.69, 9.17) is 0 Å². The van der Waals surface area contributed by atoms with Crippen molar-refractivity contribution in [2.45, 2.75) is 72.0 Å². The van der Waals surface area contributed by atoms with Gasteiger partial charge < -0.3 is 9.47 Å². The molecule has 2 atom stereocenters. The van der Waals surface area contributed by atoms with Crippen molar-refractivity contribution in [2.24, 2.45) is 0 Å². The summed E-state index contributed by atoms with van der Waals surface area (Å²) in [6.07, 6.45) is 3.40. The van der Waals surface area contributed by atoms with E-state index in [2.05, 4.69) is 42.1 Å². The van der Waals surface area contributed by atoms with Gasteiger partial charge in [0.05, 0.1) is 11.0 Å². The number of imidazole rings is 1. The summed E-state index contributed by atoms with van der Waals surface area (Å²) in [5.41, 5.74) is 2.78. The molecule has 1 aromatic carbocycles. The van der Waals surface area contributed by atoms with Crippen LogP contribution in [0, 0.1) is 6.92 Å². The second-order valence-electron chi connectivity index (χ2n) is 7.17. The van der Waals surface area contributed by atoms with Crippen molar-refractivity contribution in [3.63, 3.8) is 0 Å². The molecule has 124 valence electrons. The maximum atomic E-state index is 13.0. The molecule has 3 rings (SSSR count). The Bertz CT molecular complexity index is 722. The lowest BCUT2D eigenvalue weighted by molar-refractivity contribution is 0.0511. The summed E-state index contributed by atoms with van der Waals surface area (Å²) in [5.74, 6) is 1.14. The van der Waals surface area contributed by atoms with Crippen molar-refractivity contribution >= 4 is 16.9 Å². The summed E-state index contributed by atoms with van der Waals surface area (Å²) in [6, 6.07) is 6.95. The van der Waals surface area contributed by atoms with Gasteiger partial charge in [-0.05, 0) is 72.1 Å². The lowest BCUT2D eigenvalue weighted by atomic mass is 9.96. The molecule has 0 radical (unpaired) electrons. The molecule has 4 heteroatoms. The maximum absolute atomic E-state index is 13.0. The number of hydrogen-bond acceptors (Lipinski definition) is 2. The van der Waals surface area contributed by atoms with E-state index in [-0.39, 0.29) is 5.91 Å². The molecule has 4 nitrogen and oxygen atoms in total. The highest BCUT2D eigenvalue weighted by molar-refractivity contribution is 5.97. The molecule has 1 fully saturated rings. The number of aryl methyl sites for hydroxylation is 1. The summed E-state index contributed by atoms with van der Waals surface area (Å²) in [4.78, 5) is 19.7. The molecule has 0 aliphatic carbocycles. The number of amides is 1. The van der Waals surface area contributed by atoms with Gasteiger partial charge in [-0.25, -0.2) is 4.98 Å². The van der Waals surface area contributed by atoms with Gasteiger partial charge in [-0.1, -0.05) is 0 Å². The van der Waals surface area contributed by atoms with E-state index in [1.165, 1.54) is 6.42 Å². The fourth-order valence-electron chi connectivity index (χ4n) is 3.97. The van der Waals surface area contributed by atoms with Crippen LogP contribution in [0.3, 0.4) is 0 Å². The van der Waals surface area contributed by atoms with Gasteiger partial charge in [0.15, 0.2) is 0 Å². The number of rotatable bonds is 2. The summed E-state index contributed by atoms with van der Waals surface area (Å²) in [7, 11) is 0. The first-order chi connectivity index (χ1) is 10.9. The number of nitrogens with zero attached hydrogens (tertiary/aromatic N) is 3. The number of hydrogen-bond donors (Lipinski definition) is 0. The molecule has 0 bridgehead atoms. The van der Waals surface area contributed by atoms with Crippen molar-refractivity contribution in [3.05, 3.63) is 29.6 Å². The smallest absolute Gasteiger partial charge is 0.254 e. The molecular formula is C19H27N3O. The van der Waals surface area contributed by atoms with Gasteiger partial charge in [-0.15, -0.1) is 0 Å². The number of fused-ring (bicyclic) bond motifs is 1. The molecule has 1 aliphatic heterocycles. The van der Waals surface area contributed by atoms with Crippen LogP contribution in [-0.2, 0) is 0 Å². The highest BCUT2D eigenvalue weighted by atomic mass is 16.2. The van der Waals surface area contributed by atoms with E-state index in [9.17, 15) is 4.79 Å². The Labute approximate surface area is 138 Å². The first-order valence-corrected chi connectivity index (χ1v) is 8.71. The van der Waals surface area contributed by atoms with Crippen molar-refractivity contribution in [1.29, 1.82) is 0 Å². The molecule has 1 aliphatic rings. The number of piperidine rings is 1. The van der Waals surface area contributed by atoms with E-state index in [0.29, 0.717) is 18.1 Å². The maximum Gasteiger partial charge on any atom is 0.254 e. The summed E-state index contributed by atoms with van der Waals surface area (Å²) >= 11 is 0. The van der Waals surface area contributed by atoms with E-state index in [1.54, 1.807) is 0 Å². The Morgan fingerprint density at radius 2 is 1.87 bits per heavy atom. The lowest BCUT2D eigenvalue weighted by Crippen LogP contribution is -2.47. The molecule has 0 N–H and O–H groups in total. The van der Waals surface area contributed by atoms with Gasteiger partial charge in [0.2, 0.25) is 0 Å². The number of likely N-dealkylation sites (tertiary alicyclic amines) is 1. The van der Waals surface area contributed by atoms with Crippen LogP contribution in [0.15, 0.2) is 18.2 Å². The van der Waals surface area contributed by atoms with E-state index in [1.807, 2.05) is 25.1 Å². The normalized spacial score (nSPS) is 22.1. The number of carbonyl (C=O) groups excluding carboxylic acids is 1. The zero-order valence-electron chi connectivity index (χ0n) is 14.8. The second-order valence-corrected chi connectivity index (χ2v) is 7.17. The van der Waals surface area contributed by atoms with Crippen molar-refractivity contribution in [3.8, 4) is 0 Å². The zero-order chi connectivity index (χ0) is 16.7. The molecule has 2 unspecified atom stereocenters. The van der Waals surface area contributed by atoms with Crippen LogP contribution in [0.1, 0.15) is 69.2 Å². The van der Waals surface area contributed by atoms with Crippen LogP contribution >= 0.6 is 0 Å². The minimum atomic E-state index is 0.142. The van der Waals surface area contributed by atoms with Gasteiger partial charge >= 0.3 is 0 Å². The Hall–Kier alpha value is -1.84.